The van der Waals surface area contributed by atoms with Gasteiger partial charge in [0.2, 0.25) is 5.52 Å². The van der Waals surface area contributed by atoms with Crippen molar-refractivity contribution in [1.82, 2.24) is 4.73 Å². The molecular formula is C15H10N2O2. The zero-order chi connectivity index (χ0) is 13.0. The average Bonchev–Trinajstić information content (AvgIpc) is 2.74. The third kappa shape index (κ3) is 1.20. The molecule has 0 amide bonds. The van der Waals surface area contributed by atoms with E-state index in [1.54, 1.807) is 12.1 Å². The summed E-state index contributed by atoms with van der Waals surface area (Å²) in [6, 6.07) is 16.5. The van der Waals surface area contributed by atoms with Crippen molar-refractivity contribution in [3.05, 3.63) is 59.8 Å². The van der Waals surface area contributed by atoms with E-state index in [1.807, 2.05) is 42.5 Å². The summed E-state index contributed by atoms with van der Waals surface area (Å²) in [4.78, 5) is 0. The Bertz CT molecular complexity index is 941. The van der Waals surface area contributed by atoms with E-state index in [0.29, 0.717) is 22.1 Å². The van der Waals surface area contributed by atoms with E-state index in [0.717, 1.165) is 20.2 Å². The third-order valence-corrected chi connectivity index (χ3v) is 3.51. The SMILES string of the molecule is [O-][n+]1c2ccccc2cc2c1c1ccccc1n2O. The minimum absolute atomic E-state index is 0.497. The highest BCUT2D eigenvalue weighted by Gasteiger charge is 2.19. The maximum absolute atomic E-state index is 12.5. The summed E-state index contributed by atoms with van der Waals surface area (Å²) in [6.45, 7) is 0. The Balaban J connectivity index is 2.38. The predicted molar refractivity (Wildman–Crippen MR) is 73.1 cm³/mol. The zero-order valence-corrected chi connectivity index (χ0v) is 9.95. The van der Waals surface area contributed by atoms with Gasteiger partial charge in [0.15, 0.2) is 5.52 Å². The first kappa shape index (κ1) is 10.2. The lowest BCUT2D eigenvalue weighted by Crippen LogP contribution is -2.27. The van der Waals surface area contributed by atoms with Gasteiger partial charge in [-0.3, -0.25) is 0 Å². The summed E-state index contributed by atoms with van der Waals surface area (Å²) < 4.78 is 1.96. The maximum atomic E-state index is 12.5. The zero-order valence-electron chi connectivity index (χ0n) is 9.95. The Morgan fingerprint density at radius 1 is 0.947 bits per heavy atom. The second-order valence-electron chi connectivity index (χ2n) is 4.56. The molecule has 0 aliphatic rings. The van der Waals surface area contributed by atoms with Crippen LogP contribution < -0.4 is 4.73 Å². The van der Waals surface area contributed by atoms with Crippen molar-refractivity contribution in [2.45, 2.75) is 0 Å². The molecule has 2 heterocycles. The fourth-order valence-electron chi connectivity index (χ4n) is 2.63. The number of nitrogens with zero attached hydrogens (tertiary/aromatic N) is 2. The van der Waals surface area contributed by atoms with Gasteiger partial charge in [-0.2, -0.15) is 9.46 Å². The van der Waals surface area contributed by atoms with Crippen LogP contribution in [-0.4, -0.2) is 9.94 Å². The molecule has 0 unspecified atom stereocenters. The van der Waals surface area contributed by atoms with Gasteiger partial charge in [-0.05, 0) is 24.3 Å². The second-order valence-corrected chi connectivity index (χ2v) is 4.56. The number of pyridine rings is 1. The summed E-state index contributed by atoms with van der Waals surface area (Å²) in [7, 11) is 0. The quantitative estimate of drug-likeness (QED) is 0.296. The number of benzene rings is 2. The van der Waals surface area contributed by atoms with Gasteiger partial charge in [-0.15, -0.1) is 0 Å². The van der Waals surface area contributed by atoms with Crippen molar-refractivity contribution in [2.24, 2.45) is 0 Å². The first-order valence-electron chi connectivity index (χ1n) is 6.01. The van der Waals surface area contributed by atoms with Crippen LogP contribution in [0.15, 0.2) is 54.6 Å². The Morgan fingerprint density at radius 3 is 2.58 bits per heavy atom. The molecule has 4 aromatic rings. The standard InChI is InChI=1S/C15H10N2O2/c18-16-13-8-4-2-6-11(13)15-14(16)9-10-5-1-3-7-12(10)17(15)19/h1-9,18H. The van der Waals surface area contributed by atoms with Crippen molar-refractivity contribution in [1.29, 1.82) is 0 Å². The third-order valence-electron chi connectivity index (χ3n) is 3.51. The molecule has 0 atom stereocenters. The van der Waals surface area contributed by atoms with E-state index >= 15 is 0 Å². The molecule has 0 fully saturated rings. The molecule has 92 valence electrons. The van der Waals surface area contributed by atoms with Crippen molar-refractivity contribution in [3.8, 4) is 0 Å². The summed E-state index contributed by atoms with van der Waals surface area (Å²) in [5.74, 6) is 0. The van der Waals surface area contributed by atoms with Crippen molar-refractivity contribution < 1.29 is 9.94 Å². The van der Waals surface area contributed by atoms with Gasteiger partial charge in [-0.1, -0.05) is 24.3 Å². The van der Waals surface area contributed by atoms with E-state index < -0.39 is 0 Å². The van der Waals surface area contributed by atoms with Gasteiger partial charge < -0.3 is 10.4 Å². The van der Waals surface area contributed by atoms with E-state index in [2.05, 4.69) is 0 Å². The number of fused-ring (bicyclic) bond motifs is 4. The van der Waals surface area contributed by atoms with Crippen LogP contribution in [0.5, 0.6) is 0 Å². The highest BCUT2D eigenvalue weighted by Crippen LogP contribution is 2.27. The Labute approximate surface area is 108 Å². The van der Waals surface area contributed by atoms with E-state index in [4.69, 9.17) is 0 Å². The molecule has 0 aliphatic heterocycles. The van der Waals surface area contributed by atoms with Crippen molar-refractivity contribution in [2.75, 3.05) is 0 Å². The fourth-order valence-corrected chi connectivity index (χ4v) is 2.63. The largest absolute Gasteiger partial charge is 0.618 e. The summed E-state index contributed by atoms with van der Waals surface area (Å²) in [5.41, 5.74) is 2.26. The van der Waals surface area contributed by atoms with Gasteiger partial charge in [0.05, 0.1) is 10.9 Å². The molecule has 4 heteroatoms. The number of para-hydroxylation sites is 2. The first-order valence-corrected chi connectivity index (χ1v) is 6.01. The molecule has 1 N–H and O–H groups in total. The summed E-state index contributed by atoms with van der Waals surface area (Å²) in [6.07, 6.45) is 0. The van der Waals surface area contributed by atoms with Gasteiger partial charge in [0.1, 0.15) is 0 Å². The lowest BCUT2D eigenvalue weighted by molar-refractivity contribution is -0.547. The number of hydrogen-bond donors (Lipinski definition) is 1. The van der Waals surface area contributed by atoms with Crippen LogP contribution in [0.1, 0.15) is 0 Å². The molecule has 2 aromatic heterocycles. The molecule has 0 aliphatic carbocycles. The van der Waals surface area contributed by atoms with Crippen molar-refractivity contribution in [3.63, 3.8) is 0 Å². The minimum Gasteiger partial charge on any atom is -0.618 e. The highest BCUT2D eigenvalue weighted by atomic mass is 16.5. The molecule has 0 radical (unpaired) electrons. The molecule has 2 aromatic carbocycles. The van der Waals surface area contributed by atoms with Crippen LogP contribution in [0.4, 0.5) is 0 Å². The van der Waals surface area contributed by atoms with Crippen LogP contribution in [0.2, 0.25) is 0 Å². The van der Waals surface area contributed by atoms with Gasteiger partial charge in [0.25, 0.3) is 5.52 Å². The maximum Gasteiger partial charge on any atom is 0.253 e. The molecule has 0 saturated carbocycles. The normalized spacial score (nSPS) is 11.6. The second kappa shape index (κ2) is 3.38. The van der Waals surface area contributed by atoms with Gasteiger partial charge in [-0.25, -0.2) is 0 Å². The lowest BCUT2D eigenvalue weighted by atomic mass is 10.2. The van der Waals surface area contributed by atoms with E-state index in [-0.39, 0.29) is 0 Å². The van der Waals surface area contributed by atoms with Crippen LogP contribution in [0.25, 0.3) is 32.8 Å². The monoisotopic (exact) mass is 250 g/mol. The molecule has 4 rings (SSSR count). The van der Waals surface area contributed by atoms with E-state index in [1.165, 1.54) is 0 Å². The average molecular weight is 250 g/mol. The number of rotatable bonds is 0. The highest BCUT2D eigenvalue weighted by molar-refractivity contribution is 6.06. The molecule has 19 heavy (non-hydrogen) atoms. The van der Waals surface area contributed by atoms with Crippen LogP contribution >= 0.6 is 0 Å². The van der Waals surface area contributed by atoms with Crippen LogP contribution in [0, 0.1) is 5.21 Å². The first-order chi connectivity index (χ1) is 9.27. The van der Waals surface area contributed by atoms with Gasteiger partial charge in [0, 0.05) is 11.5 Å². The molecular weight excluding hydrogens is 240 g/mol. The van der Waals surface area contributed by atoms with Crippen LogP contribution in [0.3, 0.4) is 0 Å². The predicted octanol–water partition coefficient (Wildman–Crippen LogP) is 2.82. The lowest BCUT2D eigenvalue weighted by Gasteiger charge is -2.03. The minimum atomic E-state index is 0.497. The molecule has 0 spiro atoms. The molecule has 4 nitrogen and oxygen atoms in total. The Kier molecular flexibility index (Phi) is 1.82. The van der Waals surface area contributed by atoms with Crippen LogP contribution in [-0.2, 0) is 0 Å². The summed E-state index contributed by atoms with van der Waals surface area (Å²) >= 11 is 0. The number of hydrogen-bond acceptors (Lipinski definition) is 2. The van der Waals surface area contributed by atoms with E-state index in [9.17, 15) is 10.4 Å². The Morgan fingerprint density at radius 2 is 1.68 bits per heavy atom. The molecule has 0 saturated heterocycles. The molecule has 0 bridgehead atoms. The topological polar surface area (TPSA) is 52.1 Å². The number of aromatic nitrogens is 2. The fraction of sp³-hybridized carbons (Fsp3) is 0. The smallest absolute Gasteiger partial charge is 0.253 e. The van der Waals surface area contributed by atoms with Crippen molar-refractivity contribution >= 4 is 32.8 Å². The Hall–Kier alpha value is -2.75. The van der Waals surface area contributed by atoms with Gasteiger partial charge >= 0.3 is 0 Å². The summed E-state index contributed by atoms with van der Waals surface area (Å²) in [5, 5.41) is 24.3.